The van der Waals surface area contributed by atoms with Crippen LogP contribution in [0.25, 0.3) is 0 Å². The minimum absolute atomic E-state index is 0.320. The van der Waals surface area contributed by atoms with Gasteiger partial charge in [0, 0.05) is 13.0 Å². The largest absolute Gasteiger partial charge is 0.374 e. The molecule has 0 unspecified atom stereocenters. The van der Waals surface area contributed by atoms with Crippen molar-refractivity contribution in [2.75, 3.05) is 13.2 Å². The molecule has 2 aliphatic rings. The first-order chi connectivity index (χ1) is 8.18. The molecule has 2 fully saturated rings. The van der Waals surface area contributed by atoms with E-state index in [0.29, 0.717) is 30.4 Å². The Labute approximate surface area is 105 Å². The molecule has 98 valence electrons. The fraction of sp³-hybridized carbons (Fsp3) is 0.929. The van der Waals surface area contributed by atoms with Gasteiger partial charge in [-0.3, -0.25) is 4.79 Å². The second kappa shape index (κ2) is 5.85. The molecule has 17 heavy (non-hydrogen) atoms. The van der Waals surface area contributed by atoms with Gasteiger partial charge >= 0.3 is 0 Å². The molecule has 2 rings (SSSR count). The summed E-state index contributed by atoms with van der Waals surface area (Å²) in [6.07, 6.45) is 6.82. The third-order valence-corrected chi connectivity index (χ3v) is 3.99. The van der Waals surface area contributed by atoms with E-state index in [9.17, 15) is 4.79 Å². The smallest absolute Gasteiger partial charge is 0.222 e. The summed E-state index contributed by atoms with van der Waals surface area (Å²) in [5, 5.41) is 0. The number of carbonyl (C=O) groups excluding carboxylic acids is 1. The predicted molar refractivity (Wildman–Crippen MR) is 67.8 cm³/mol. The number of hydrogen-bond acceptors (Lipinski definition) is 2. The van der Waals surface area contributed by atoms with E-state index in [1.807, 2.05) is 0 Å². The molecule has 0 bridgehead atoms. The van der Waals surface area contributed by atoms with Gasteiger partial charge in [-0.25, -0.2) is 0 Å². The topological polar surface area (TPSA) is 29.5 Å². The molecule has 0 aromatic carbocycles. The Morgan fingerprint density at radius 2 is 2.12 bits per heavy atom. The number of ether oxygens (including phenoxy) is 1. The third-order valence-electron chi connectivity index (χ3n) is 3.99. The summed E-state index contributed by atoms with van der Waals surface area (Å²) in [4.78, 5) is 14.3. The highest BCUT2D eigenvalue weighted by atomic mass is 16.5. The van der Waals surface area contributed by atoms with E-state index < -0.39 is 0 Å². The lowest BCUT2D eigenvalue weighted by Gasteiger charge is -2.44. The fourth-order valence-electron chi connectivity index (χ4n) is 2.96. The number of amides is 1. The van der Waals surface area contributed by atoms with E-state index in [1.165, 1.54) is 12.8 Å². The second-order valence-electron chi connectivity index (χ2n) is 5.78. The Balaban J connectivity index is 1.91. The Morgan fingerprint density at radius 3 is 2.88 bits per heavy atom. The molecule has 0 spiro atoms. The fourth-order valence-corrected chi connectivity index (χ4v) is 2.96. The summed E-state index contributed by atoms with van der Waals surface area (Å²) in [6, 6.07) is 0.372. The average Bonchev–Trinajstić information content (AvgIpc) is 2.35. The highest BCUT2D eigenvalue weighted by Crippen LogP contribution is 2.29. The van der Waals surface area contributed by atoms with E-state index >= 15 is 0 Å². The summed E-state index contributed by atoms with van der Waals surface area (Å²) in [5.74, 6) is 0.959. The first-order valence-corrected chi connectivity index (χ1v) is 7.09. The highest BCUT2D eigenvalue weighted by molar-refractivity contribution is 5.76. The number of hydrogen-bond donors (Lipinski definition) is 0. The van der Waals surface area contributed by atoms with Gasteiger partial charge in [0.15, 0.2) is 0 Å². The Hall–Kier alpha value is -0.570. The van der Waals surface area contributed by atoms with Crippen LogP contribution in [0.5, 0.6) is 0 Å². The summed E-state index contributed by atoms with van der Waals surface area (Å²) < 4.78 is 5.79. The van der Waals surface area contributed by atoms with Gasteiger partial charge < -0.3 is 9.64 Å². The summed E-state index contributed by atoms with van der Waals surface area (Å²) in [7, 11) is 0. The Kier molecular flexibility index (Phi) is 4.43. The van der Waals surface area contributed by atoms with Gasteiger partial charge in [0.2, 0.25) is 5.91 Å². The van der Waals surface area contributed by atoms with E-state index in [0.717, 1.165) is 32.4 Å². The van der Waals surface area contributed by atoms with Crippen molar-refractivity contribution < 1.29 is 9.53 Å². The van der Waals surface area contributed by atoms with Crippen molar-refractivity contribution in [3.63, 3.8) is 0 Å². The summed E-state index contributed by atoms with van der Waals surface area (Å²) in [6.45, 7) is 5.89. The van der Waals surface area contributed by atoms with Crippen molar-refractivity contribution in [1.82, 2.24) is 4.90 Å². The predicted octanol–water partition coefficient (Wildman–Crippen LogP) is 2.59. The van der Waals surface area contributed by atoms with Gasteiger partial charge in [0.1, 0.15) is 0 Å². The first-order valence-electron chi connectivity index (χ1n) is 7.09. The SMILES string of the molecule is CC(C)CCC(=O)N1CCO[C@@H]2CCCC[C@@H]21. The van der Waals surface area contributed by atoms with Gasteiger partial charge in [-0.05, 0) is 25.2 Å². The van der Waals surface area contributed by atoms with Crippen molar-refractivity contribution in [2.45, 2.75) is 64.5 Å². The Morgan fingerprint density at radius 1 is 1.35 bits per heavy atom. The van der Waals surface area contributed by atoms with Gasteiger partial charge in [-0.1, -0.05) is 26.7 Å². The quantitative estimate of drug-likeness (QED) is 0.757. The van der Waals surface area contributed by atoms with Gasteiger partial charge in [0.25, 0.3) is 0 Å². The van der Waals surface area contributed by atoms with Crippen LogP contribution in [0.4, 0.5) is 0 Å². The minimum Gasteiger partial charge on any atom is -0.374 e. The first kappa shape index (κ1) is 12.9. The molecule has 0 N–H and O–H groups in total. The molecule has 1 saturated heterocycles. The number of nitrogens with zero attached hydrogens (tertiary/aromatic N) is 1. The standard InChI is InChI=1S/C14H25NO2/c1-11(2)7-8-14(16)15-9-10-17-13-6-4-3-5-12(13)15/h11-13H,3-10H2,1-2H3/t12-,13+/m0/s1. The van der Waals surface area contributed by atoms with Crippen molar-refractivity contribution >= 4 is 5.91 Å². The monoisotopic (exact) mass is 239 g/mol. The number of fused-ring (bicyclic) bond motifs is 1. The van der Waals surface area contributed by atoms with Crippen LogP contribution in [0.3, 0.4) is 0 Å². The van der Waals surface area contributed by atoms with Gasteiger partial charge in [-0.15, -0.1) is 0 Å². The van der Waals surface area contributed by atoms with Crippen LogP contribution < -0.4 is 0 Å². The molecule has 1 aliphatic carbocycles. The molecular formula is C14H25NO2. The van der Waals surface area contributed by atoms with E-state index in [4.69, 9.17) is 4.74 Å². The maximum atomic E-state index is 12.2. The molecule has 0 aromatic heterocycles. The second-order valence-corrected chi connectivity index (χ2v) is 5.78. The lowest BCUT2D eigenvalue weighted by atomic mass is 9.89. The van der Waals surface area contributed by atoms with Crippen molar-refractivity contribution in [3.8, 4) is 0 Å². The molecule has 1 saturated carbocycles. The molecule has 1 aliphatic heterocycles. The number of rotatable bonds is 3. The average molecular weight is 239 g/mol. The van der Waals surface area contributed by atoms with E-state index in [-0.39, 0.29) is 0 Å². The van der Waals surface area contributed by atoms with Crippen molar-refractivity contribution in [3.05, 3.63) is 0 Å². The molecular weight excluding hydrogens is 214 g/mol. The van der Waals surface area contributed by atoms with Gasteiger partial charge in [0.05, 0.1) is 18.8 Å². The van der Waals surface area contributed by atoms with Crippen LogP contribution in [-0.4, -0.2) is 36.1 Å². The molecule has 1 amide bonds. The molecule has 3 nitrogen and oxygen atoms in total. The minimum atomic E-state index is 0.320. The maximum absolute atomic E-state index is 12.2. The zero-order valence-electron chi connectivity index (χ0n) is 11.2. The molecule has 0 aromatic rings. The van der Waals surface area contributed by atoms with Crippen molar-refractivity contribution in [1.29, 1.82) is 0 Å². The zero-order chi connectivity index (χ0) is 12.3. The third kappa shape index (κ3) is 3.21. The lowest BCUT2D eigenvalue weighted by Crippen LogP contribution is -2.54. The van der Waals surface area contributed by atoms with Crippen LogP contribution in [0, 0.1) is 5.92 Å². The van der Waals surface area contributed by atoms with Crippen LogP contribution in [0.2, 0.25) is 0 Å². The number of morpholine rings is 1. The zero-order valence-corrected chi connectivity index (χ0v) is 11.2. The number of carbonyl (C=O) groups is 1. The Bertz CT molecular complexity index is 263. The van der Waals surface area contributed by atoms with Crippen LogP contribution in [0.15, 0.2) is 0 Å². The summed E-state index contributed by atoms with van der Waals surface area (Å²) >= 11 is 0. The molecule has 0 radical (unpaired) electrons. The normalized spacial score (nSPS) is 29.2. The summed E-state index contributed by atoms with van der Waals surface area (Å²) in [5.41, 5.74) is 0. The lowest BCUT2D eigenvalue weighted by molar-refractivity contribution is -0.149. The maximum Gasteiger partial charge on any atom is 0.222 e. The van der Waals surface area contributed by atoms with E-state index in [1.54, 1.807) is 0 Å². The molecule has 2 atom stereocenters. The van der Waals surface area contributed by atoms with Crippen LogP contribution >= 0.6 is 0 Å². The van der Waals surface area contributed by atoms with Crippen LogP contribution in [0.1, 0.15) is 52.4 Å². The molecule has 3 heteroatoms. The van der Waals surface area contributed by atoms with E-state index in [2.05, 4.69) is 18.7 Å². The molecule has 1 heterocycles. The van der Waals surface area contributed by atoms with Gasteiger partial charge in [-0.2, -0.15) is 0 Å². The van der Waals surface area contributed by atoms with Crippen LogP contribution in [-0.2, 0) is 9.53 Å². The van der Waals surface area contributed by atoms with Crippen molar-refractivity contribution in [2.24, 2.45) is 5.92 Å². The highest BCUT2D eigenvalue weighted by Gasteiger charge is 2.36.